The van der Waals surface area contributed by atoms with Crippen LogP contribution in [-0.4, -0.2) is 23.3 Å². The van der Waals surface area contributed by atoms with Crippen molar-refractivity contribution >= 4 is 17.5 Å². The highest BCUT2D eigenvalue weighted by atomic mass is 16.2. The van der Waals surface area contributed by atoms with Crippen LogP contribution in [0, 0.1) is 6.92 Å². The van der Waals surface area contributed by atoms with E-state index in [4.69, 9.17) is 0 Å². The number of rotatable bonds is 7. The fourth-order valence-corrected chi connectivity index (χ4v) is 2.56. The zero-order valence-corrected chi connectivity index (χ0v) is 15.1. The number of carbonyl (C=O) groups is 2. The van der Waals surface area contributed by atoms with Gasteiger partial charge in [0.25, 0.3) is 11.8 Å². The lowest BCUT2D eigenvalue weighted by Gasteiger charge is -2.13. The van der Waals surface area contributed by atoms with Gasteiger partial charge in [-0.3, -0.25) is 14.6 Å². The molecular formula is C20H25N3O2. The van der Waals surface area contributed by atoms with Gasteiger partial charge in [-0.25, -0.2) is 0 Å². The molecule has 25 heavy (non-hydrogen) atoms. The van der Waals surface area contributed by atoms with Gasteiger partial charge in [0.2, 0.25) is 0 Å². The van der Waals surface area contributed by atoms with E-state index in [-0.39, 0.29) is 17.5 Å². The fraction of sp³-hybridized carbons (Fsp3) is 0.350. The molecule has 1 heterocycles. The predicted octanol–water partition coefficient (Wildman–Crippen LogP) is 3.73. The standard InChI is InChI=1S/C20H25N3O2/c1-4-6-11-22-19(24)16-10-12-21-17(13-16)20(25)23-18-14(3)8-7-9-15(18)5-2/h7-10,12-13H,4-6,11H2,1-3H3,(H,22,24)(H,23,25). The number of aromatic nitrogens is 1. The summed E-state index contributed by atoms with van der Waals surface area (Å²) in [5, 5.41) is 5.78. The van der Waals surface area contributed by atoms with Gasteiger partial charge in [-0.1, -0.05) is 38.5 Å². The van der Waals surface area contributed by atoms with E-state index in [9.17, 15) is 9.59 Å². The van der Waals surface area contributed by atoms with Crippen LogP contribution in [0.3, 0.4) is 0 Å². The zero-order chi connectivity index (χ0) is 18.2. The summed E-state index contributed by atoms with van der Waals surface area (Å²) >= 11 is 0. The summed E-state index contributed by atoms with van der Waals surface area (Å²) in [4.78, 5) is 28.8. The van der Waals surface area contributed by atoms with Crippen LogP contribution in [0.25, 0.3) is 0 Å². The average Bonchev–Trinajstić information content (AvgIpc) is 2.63. The Kier molecular flexibility index (Phi) is 6.69. The Morgan fingerprint density at radius 1 is 1.12 bits per heavy atom. The van der Waals surface area contributed by atoms with Gasteiger partial charge in [-0.2, -0.15) is 0 Å². The molecule has 0 unspecified atom stereocenters. The Balaban J connectivity index is 2.15. The van der Waals surface area contributed by atoms with Gasteiger partial charge in [0.15, 0.2) is 0 Å². The van der Waals surface area contributed by atoms with Crippen LogP contribution in [0.2, 0.25) is 0 Å². The number of amides is 2. The van der Waals surface area contributed by atoms with Crippen molar-refractivity contribution in [1.82, 2.24) is 10.3 Å². The molecule has 0 radical (unpaired) electrons. The monoisotopic (exact) mass is 339 g/mol. The van der Waals surface area contributed by atoms with Crippen LogP contribution >= 0.6 is 0 Å². The molecule has 5 heteroatoms. The number of carbonyl (C=O) groups excluding carboxylic acids is 2. The number of aryl methyl sites for hydroxylation is 2. The first-order valence-corrected chi connectivity index (χ1v) is 8.70. The Morgan fingerprint density at radius 2 is 1.92 bits per heavy atom. The maximum absolute atomic E-state index is 12.6. The lowest BCUT2D eigenvalue weighted by molar-refractivity contribution is 0.0953. The van der Waals surface area contributed by atoms with E-state index >= 15 is 0 Å². The van der Waals surface area contributed by atoms with Gasteiger partial charge < -0.3 is 10.6 Å². The Morgan fingerprint density at radius 3 is 2.64 bits per heavy atom. The number of hydrogen-bond donors (Lipinski definition) is 2. The molecular weight excluding hydrogens is 314 g/mol. The van der Waals surface area contributed by atoms with Crippen LogP contribution in [0.15, 0.2) is 36.5 Å². The van der Waals surface area contributed by atoms with Gasteiger partial charge in [-0.05, 0) is 43.0 Å². The van der Waals surface area contributed by atoms with Crippen molar-refractivity contribution in [2.24, 2.45) is 0 Å². The highest BCUT2D eigenvalue weighted by Crippen LogP contribution is 2.21. The van der Waals surface area contributed by atoms with Gasteiger partial charge in [-0.15, -0.1) is 0 Å². The summed E-state index contributed by atoms with van der Waals surface area (Å²) in [6, 6.07) is 9.07. The molecule has 2 aromatic rings. The second kappa shape index (κ2) is 8.97. The molecule has 2 N–H and O–H groups in total. The number of nitrogens with zero attached hydrogens (tertiary/aromatic N) is 1. The van der Waals surface area contributed by atoms with Gasteiger partial charge in [0.05, 0.1) is 0 Å². The van der Waals surface area contributed by atoms with E-state index in [1.165, 1.54) is 12.3 Å². The van der Waals surface area contributed by atoms with Crippen molar-refractivity contribution in [1.29, 1.82) is 0 Å². The first-order valence-electron chi connectivity index (χ1n) is 8.70. The number of unbranched alkanes of at least 4 members (excludes halogenated alkanes) is 1. The largest absolute Gasteiger partial charge is 0.352 e. The quantitative estimate of drug-likeness (QED) is 0.755. The van der Waals surface area contributed by atoms with Crippen LogP contribution in [-0.2, 0) is 6.42 Å². The lowest BCUT2D eigenvalue weighted by Crippen LogP contribution is -2.25. The van der Waals surface area contributed by atoms with E-state index in [0.29, 0.717) is 12.1 Å². The van der Waals surface area contributed by atoms with Gasteiger partial charge in [0, 0.05) is 24.0 Å². The normalized spacial score (nSPS) is 10.4. The topological polar surface area (TPSA) is 71.1 Å². The number of pyridine rings is 1. The summed E-state index contributed by atoms with van der Waals surface area (Å²) in [7, 11) is 0. The molecule has 0 aliphatic heterocycles. The molecule has 0 saturated heterocycles. The number of nitrogens with one attached hydrogen (secondary N) is 2. The number of hydrogen-bond acceptors (Lipinski definition) is 3. The van der Waals surface area contributed by atoms with Crippen LogP contribution in [0.4, 0.5) is 5.69 Å². The second-order valence-corrected chi connectivity index (χ2v) is 5.96. The van der Waals surface area contributed by atoms with Crippen molar-refractivity contribution in [3.8, 4) is 0 Å². The third-order valence-electron chi connectivity index (χ3n) is 4.05. The maximum atomic E-state index is 12.6. The maximum Gasteiger partial charge on any atom is 0.274 e. The molecule has 2 rings (SSSR count). The SMILES string of the molecule is CCCCNC(=O)c1ccnc(C(=O)Nc2c(C)cccc2CC)c1. The molecule has 0 saturated carbocycles. The number of para-hydroxylation sites is 1. The van der Waals surface area contributed by atoms with Crippen molar-refractivity contribution in [2.75, 3.05) is 11.9 Å². The molecule has 1 aromatic carbocycles. The molecule has 0 bridgehead atoms. The highest BCUT2D eigenvalue weighted by molar-refractivity contribution is 6.05. The Bertz CT molecular complexity index is 756. The minimum Gasteiger partial charge on any atom is -0.352 e. The zero-order valence-electron chi connectivity index (χ0n) is 15.1. The summed E-state index contributed by atoms with van der Waals surface area (Å²) in [6.07, 6.45) is 4.25. The third kappa shape index (κ3) is 4.89. The summed E-state index contributed by atoms with van der Waals surface area (Å²) in [6.45, 7) is 6.70. The summed E-state index contributed by atoms with van der Waals surface area (Å²) < 4.78 is 0. The molecule has 0 spiro atoms. The lowest BCUT2D eigenvalue weighted by atomic mass is 10.1. The summed E-state index contributed by atoms with van der Waals surface area (Å²) in [5.74, 6) is -0.498. The Labute approximate surface area is 148 Å². The van der Waals surface area contributed by atoms with E-state index < -0.39 is 0 Å². The van der Waals surface area contributed by atoms with Crippen LogP contribution in [0.1, 0.15) is 58.7 Å². The van der Waals surface area contributed by atoms with Crippen molar-refractivity contribution in [3.05, 3.63) is 58.9 Å². The molecule has 0 atom stereocenters. The molecule has 132 valence electrons. The average molecular weight is 339 g/mol. The number of anilines is 1. The first-order chi connectivity index (χ1) is 12.1. The third-order valence-corrected chi connectivity index (χ3v) is 4.05. The highest BCUT2D eigenvalue weighted by Gasteiger charge is 2.14. The fourth-order valence-electron chi connectivity index (χ4n) is 2.56. The predicted molar refractivity (Wildman–Crippen MR) is 100.0 cm³/mol. The number of benzene rings is 1. The Hall–Kier alpha value is -2.69. The van der Waals surface area contributed by atoms with Crippen molar-refractivity contribution < 1.29 is 9.59 Å². The smallest absolute Gasteiger partial charge is 0.274 e. The van der Waals surface area contributed by atoms with Gasteiger partial charge in [0.1, 0.15) is 5.69 Å². The van der Waals surface area contributed by atoms with E-state index in [2.05, 4.69) is 22.5 Å². The van der Waals surface area contributed by atoms with Crippen molar-refractivity contribution in [2.45, 2.75) is 40.0 Å². The van der Waals surface area contributed by atoms with Crippen molar-refractivity contribution in [3.63, 3.8) is 0 Å². The van der Waals surface area contributed by atoms with Crippen LogP contribution < -0.4 is 10.6 Å². The second-order valence-electron chi connectivity index (χ2n) is 5.96. The van der Waals surface area contributed by atoms with E-state index in [1.807, 2.05) is 32.0 Å². The van der Waals surface area contributed by atoms with Crippen LogP contribution in [0.5, 0.6) is 0 Å². The molecule has 5 nitrogen and oxygen atoms in total. The molecule has 1 aromatic heterocycles. The van der Waals surface area contributed by atoms with E-state index in [0.717, 1.165) is 36.1 Å². The first kappa shape index (κ1) is 18.6. The molecule has 2 amide bonds. The molecule has 0 fully saturated rings. The van der Waals surface area contributed by atoms with Gasteiger partial charge >= 0.3 is 0 Å². The molecule has 0 aliphatic rings. The summed E-state index contributed by atoms with van der Waals surface area (Å²) in [5.41, 5.74) is 3.56. The minimum atomic E-state index is -0.313. The van der Waals surface area contributed by atoms with E-state index in [1.54, 1.807) is 6.07 Å². The minimum absolute atomic E-state index is 0.185. The molecule has 0 aliphatic carbocycles.